The summed E-state index contributed by atoms with van der Waals surface area (Å²) in [6, 6.07) is 16.7. The van der Waals surface area contributed by atoms with Crippen molar-refractivity contribution >= 4 is 28.5 Å². The Morgan fingerprint density at radius 1 is 1.12 bits per heavy atom. The molecule has 0 spiro atoms. The van der Waals surface area contributed by atoms with Gasteiger partial charge in [-0.25, -0.2) is 4.98 Å². The first-order valence-electron chi connectivity index (χ1n) is 7.11. The standard InChI is InChI=1S/C18H12N4OS/c19-11-14(10-13-6-2-1-3-7-13)17(23)22-18-21-16(12-24-18)15-8-4-5-9-20-15/h1-10,12H,(H,21,22,23)/b14-10+. The van der Waals surface area contributed by atoms with Crippen molar-refractivity contribution in [1.29, 1.82) is 5.26 Å². The van der Waals surface area contributed by atoms with Gasteiger partial charge in [0.25, 0.3) is 5.91 Å². The Hall–Kier alpha value is -3.30. The van der Waals surface area contributed by atoms with Crippen molar-refractivity contribution in [3.63, 3.8) is 0 Å². The number of benzene rings is 1. The van der Waals surface area contributed by atoms with Gasteiger partial charge < -0.3 is 0 Å². The SMILES string of the molecule is N#C/C(=C\c1ccccc1)C(=O)Nc1nc(-c2ccccn2)cs1. The number of nitriles is 1. The van der Waals surface area contributed by atoms with Crippen molar-refractivity contribution in [2.45, 2.75) is 0 Å². The van der Waals surface area contributed by atoms with Crippen LogP contribution in [0.1, 0.15) is 5.56 Å². The summed E-state index contributed by atoms with van der Waals surface area (Å²) in [6.07, 6.45) is 3.23. The van der Waals surface area contributed by atoms with Gasteiger partial charge in [-0.2, -0.15) is 5.26 Å². The van der Waals surface area contributed by atoms with Gasteiger partial charge in [0.2, 0.25) is 0 Å². The number of anilines is 1. The summed E-state index contributed by atoms with van der Waals surface area (Å²) in [6.45, 7) is 0. The Morgan fingerprint density at radius 2 is 1.92 bits per heavy atom. The summed E-state index contributed by atoms with van der Waals surface area (Å²) in [4.78, 5) is 20.8. The van der Waals surface area contributed by atoms with E-state index in [1.807, 2.05) is 60.0 Å². The Labute approximate surface area is 142 Å². The summed E-state index contributed by atoms with van der Waals surface area (Å²) in [5.41, 5.74) is 2.23. The quantitative estimate of drug-likeness (QED) is 0.583. The fourth-order valence-electron chi connectivity index (χ4n) is 1.99. The number of pyridine rings is 1. The number of hydrogen-bond acceptors (Lipinski definition) is 5. The van der Waals surface area contributed by atoms with Gasteiger partial charge in [-0.15, -0.1) is 11.3 Å². The van der Waals surface area contributed by atoms with E-state index >= 15 is 0 Å². The van der Waals surface area contributed by atoms with Crippen molar-refractivity contribution in [2.24, 2.45) is 0 Å². The second-order valence-electron chi connectivity index (χ2n) is 4.79. The topological polar surface area (TPSA) is 78.7 Å². The molecule has 1 amide bonds. The van der Waals surface area contributed by atoms with Gasteiger partial charge >= 0.3 is 0 Å². The molecule has 3 aromatic rings. The van der Waals surface area contributed by atoms with E-state index in [0.29, 0.717) is 10.8 Å². The van der Waals surface area contributed by atoms with E-state index < -0.39 is 5.91 Å². The molecule has 0 aliphatic heterocycles. The van der Waals surface area contributed by atoms with Gasteiger partial charge in [0.15, 0.2) is 5.13 Å². The molecule has 0 saturated heterocycles. The predicted octanol–water partition coefficient (Wildman–Crippen LogP) is 3.75. The van der Waals surface area contributed by atoms with Crippen molar-refractivity contribution < 1.29 is 4.79 Å². The summed E-state index contributed by atoms with van der Waals surface area (Å²) < 4.78 is 0. The predicted molar refractivity (Wildman–Crippen MR) is 94.0 cm³/mol. The Balaban J connectivity index is 1.76. The van der Waals surface area contributed by atoms with Gasteiger partial charge in [0.05, 0.1) is 5.69 Å². The molecule has 116 valence electrons. The molecule has 2 aromatic heterocycles. The molecule has 2 heterocycles. The number of carbonyl (C=O) groups is 1. The van der Waals surface area contributed by atoms with Gasteiger partial charge in [0.1, 0.15) is 17.3 Å². The van der Waals surface area contributed by atoms with Crippen LogP contribution < -0.4 is 5.32 Å². The number of aromatic nitrogens is 2. The van der Waals surface area contributed by atoms with Crippen molar-refractivity contribution in [2.75, 3.05) is 5.32 Å². The van der Waals surface area contributed by atoms with E-state index in [2.05, 4.69) is 15.3 Å². The minimum Gasteiger partial charge on any atom is -0.297 e. The lowest BCUT2D eigenvalue weighted by Gasteiger charge is -2.00. The number of hydrogen-bond donors (Lipinski definition) is 1. The number of thiazole rings is 1. The molecule has 0 aliphatic rings. The number of nitrogens with one attached hydrogen (secondary N) is 1. The van der Waals surface area contributed by atoms with Crippen molar-refractivity contribution in [3.05, 3.63) is 71.2 Å². The zero-order chi connectivity index (χ0) is 16.8. The fraction of sp³-hybridized carbons (Fsp3) is 0. The zero-order valence-corrected chi connectivity index (χ0v) is 13.3. The lowest BCUT2D eigenvalue weighted by Crippen LogP contribution is -2.13. The normalized spacial score (nSPS) is 10.9. The van der Waals surface area contributed by atoms with Crippen LogP contribution in [0, 0.1) is 11.3 Å². The Kier molecular flexibility index (Phi) is 4.75. The zero-order valence-electron chi connectivity index (χ0n) is 12.5. The second kappa shape index (κ2) is 7.31. The van der Waals surface area contributed by atoms with Crippen LogP contribution in [0.2, 0.25) is 0 Å². The van der Waals surface area contributed by atoms with Gasteiger partial charge in [-0.05, 0) is 23.8 Å². The monoisotopic (exact) mass is 332 g/mol. The molecule has 6 heteroatoms. The third-order valence-corrected chi connectivity index (χ3v) is 3.89. The Bertz CT molecular complexity index is 911. The van der Waals surface area contributed by atoms with E-state index in [1.165, 1.54) is 11.3 Å². The van der Waals surface area contributed by atoms with E-state index in [0.717, 1.165) is 11.3 Å². The third-order valence-electron chi connectivity index (χ3n) is 3.13. The second-order valence-corrected chi connectivity index (χ2v) is 5.65. The van der Waals surface area contributed by atoms with Crippen LogP contribution in [-0.4, -0.2) is 15.9 Å². The van der Waals surface area contributed by atoms with E-state index in [1.54, 1.807) is 12.3 Å². The molecule has 0 radical (unpaired) electrons. The van der Waals surface area contributed by atoms with Crippen molar-refractivity contribution in [1.82, 2.24) is 9.97 Å². The van der Waals surface area contributed by atoms with E-state index in [9.17, 15) is 10.1 Å². The molecule has 0 fully saturated rings. The highest BCUT2D eigenvalue weighted by Gasteiger charge is 2.12. The fourth-order valence-corrected chi connectivity index (χ4v) is 2.69. The summed E-state index contributed by atoms with van der Waals surface area (Å²) >= 11 is 1.29. The Morgan fingerprint density at radius 3 is 2.62 bits per heavy atom. The molecule has 0 aliphatic carbocycles. The molecular formula is C18H12N4OS. The van der Waals surface area contributed by atoms with Crippen LogP contribution in [-0.2, 0) is 4.79 Å². The molecule has 24 heavy (non-hydrogen) atoms. The van der Waals surface area contributed by atoms with Crippen LogP contribution in [0.4, 0.5) is 5.13 Å². The van der Waals surface area contributed by atoms with Crippen molar-refractivity contribution in [3.8, 4) is 17.5 Å². The molecule has 3 rings (SSSR count). The molecule has 0 bridgehead atoms. The number of amides is 1. The first-order chi connectivity index (χ1) is 11.8. The highest BCUT2D eigenvalue weighted by Crippen LogP contribution is 2.23. The summed E-state index contributed by atoms with van der Waals surface area (Å²) in [7, 11) is 0. The maximum absolute atomic E-state index is 12.2. The van der Waals surface area contributed by atoms with Crippen LogP contribution in [0.3, 0.4) is 0 Å². The minimum atomic E-state index is -0.483. The molecule has 5 nitrogen and oxygen atoms in total. The molecule has 1 aromatic carbocycles. The molecule has 0 unspecified atom stereocenters. The summed E-state index contributed by atoms with van der Waals surface area (Å²) in [5.74, 6) is -0.483. The largest absolute Gasteiger partial charge is 0.297 e. The number of nitrogens with zero attached hydrogens (tertiary/aromatic N) is 3. The van der Waals surface area contributed by atoms with E-state index in [-0.39, 0.29) is 5.57 Å². The molecule has 0 saturated carbocycles. The van der Waals surface area contributed by atoms with Crippen LogP contribution in [0.5, 0.6) is 0 Å². The number of rotatable bonds is 4. The first kappa shape index (κ1) is 15.6. The van der Waals surface area contributed by atoms with Gasteiger partial charge in [0, 0.05) is 11.6 Å². The third kappa shape index (κ3) is 3.72. The van der Waals surface area contributed by atoms with Crippen LogP contribution in [0.25, 0.3) is 17.5 Å². The van der Waals surface area contributed by atoms with E-state index in [4.69, 9.17) is 0 Å². The van der Waals surface area contributed by atoms with Crippen LogP contribution in [0.15, 0.2) is 65.7 Å². The lowest BCUT2D eigenvalue weighted by molar-refractivity contribution is -0.112. The average molecular weight is 332 g/mol. The first-order valence-corrected chi connectivity index (χ1v) is 7.99. The molecule has 1 N–H and O–H groups in total. The molecular weight excluding hydrogens is 320 g/mol. The summed E-state index contributed by atoms with van der Waals surface area (Å²) in [5, 5.41) is 14.1. The highest BCUT2D eigenvalue weighted by atomic mass is 32.1. The maximum atomic E-state index is 12.2. The van der Waals surface area contributed by atoms with Gasteiger partial charge in [-0.3, -0.25) is 15.1 Å². The lowest BCUT2D eigenvalue weighted by atomic mass is 10.1. The minimum absolute atomic E-state index is 0.0239. The number of carbonyl (C=O) groups excluding carboxylic acids is 1. The highest BCUT2D eigenvalue weighted by molar-refractivity contribution is 7.14. The molecule has 0 atom stereocenters. The average Bonchev–Trinajstić information content (AvgIpc) is 3.09. The van der Waals surface area contributed by atoms with Crippen LogP contribution >= 0.6 is 11.3 Å². The smallest absolute Gasteiger partial charge is 0.268 e. The maximum Gasteiger partial charge on any atom is 0.268 e. The van der Waals surface area contributed by atoms with Gasteiger partial charge in [-0.1, -0.05) is 36.4 Å².